The van der Waals surface area contributed by atoms with Gasteiger partial charge in [0.15, 0.2) is 0 Å². The van der Waals surface area contributed by atoms with Gasteiger partial charge in [-0.05, 0) is 17.5 Å². The summed E-state index contributed by atoms with van der Waals surface area (Å²) in [5, 5.41) is 2.09. The van der Waals surface area contributed by atoms with Crippen molar-refractivity contribution in [2.45, 2.75) is 0 Å². The molecule has 0 saturated heterocycles. The Balaban J connectivity index is 2.96. The Bertz CT molecular complexity index is 389. The number of nitrogens with two attached hydrogens (primary N) is 1. The molecular weight excluding hydrogens is 216 g/mol. The van der Waals surface area contributed by atoms with Crippen LogP contribution in [0, 0.1) is 0 Å². The topological polar surface area (TPSA) is 38.9 Å². The molecule has 12 heavy (non-hydrogen) atoms. The van der Waals surface area contributed by atoms with Crippen LogP contribution >= 0.6 is 15.9 Å². The molecule has 0 aliphatic carbocycles. The summed E-state index contributed by atoms with van der Waals surface area (Å²) in [7, 11) is 0. The highest BCUT2D eigenvalue weighted by atomic mass is 79.9. The summed E-state index contributed by atoms with van der Waals surface area (Å²) in [6.07, 6.45) is 1.71. The fourth-order valence-corrected chi connectivity index (χ4v) is 1.80. The third kappa shape index (κ3) is 1.06. The molecule has 2 aromatic rings. The summed E-state index contributed by atoms with van der Waals surface area (Å²) < 4.78 is 0.991. The summed E-state index contributed by atoms with van der Waals surface area (Å²) in [5.74, 6) is 0.569. The molecule has 0 bridgehead atoms. The molecule has 1 heterocycles. The van der Waals surface area contributed by atoms with E-state index in [1.54, 1.807) is 6.20 Å². The Morgan fingerprint density at radius 1 is 1.25 bits per heavy atom. The number of benzene rings is 1. The monoisotopic (exact) mass is 222 g/mol. The molecule has 0 radical (unpaired) electrons. The Morgan fingerprint density at radius 2 is 2.08 bits per heavy atom. The van der Waals surface area contributed by atoms with E-state index in [9.17, 15) is 0 Å². The van der Waals surface area contributed by atoms with E-state index in [-0.39, 0.29) is 0 Å². The predicted octanol–water partition coefficient (Wildman–Crippen LogP) is 2.58. The van der Waals surface area contributed by atoms with E-state index in [0.29, 0.717) is 5.82 Å². The second kappa shape index (κ2) is 2.75. The number of halogens is 1. The molecular formula is C9H7BrN2. The van der Waals surface area contributed by atoms with Gasteiger partial charge in [0.25, 0.3) is 0 Å². The molecule has 0 atom stereocenters. The van der Waals surface area contributed by atoms with E-state index in [2.05, 4.69) is 20.9 Å². The van der Waals surface area contributed by atoms with Gasteiger partial charge in [-0.25, -0.2) is 4.98 Å². The fourth-order valence-electron chi connectivity index (χ4n) is 1.21. The van der Waals surface area contributed by atoms with Crippen molar-refractivity contribution in [2.24, 2.45) is 0 Å². The maximum Gasteiger partial charge on any atom is 0.132 e. The van der Waals surface area contributed by atoms with Crippen LogP contribution in [0.5, 0.6) is 0 Å². The molecule has 0 amide bonds. The molecule has 0 fully saturated rings. The van der Waals surface area contributed by atoms with E-state index >= 15 is 0 Å². The highest BCUT2D eigenvalue weighted by Crippen LogP contribution is 2.26. The zero-order valence-corrected chi connectivity index (χ0v) is 7.88. The first kappa shape index (κ1) is 7.55. The van der Waals surface area contributed by atoms with Crippen molar-refractivity contribution >= 4 is 32.5 Å². The summed E-state index contributed by atoms with van der Waals surface area (Å²) in [6, 6.07) is 7.89. The van der Waals surface area contributed by atoms with Crippen LogP contribution in [-0.2, 0) is 0 Å². The lowest BCUT2D eigenvalue weighted by Crippen LogP contribution is -1.90. The van der Waals surface area contributed by atoms with Gasteiger partial charge in [-0.3, -0.25) is 0 Å². The van der Waals surface area contributed by atoms with Crippen molar-refractivity contribution in [3.05, 3.63) is 34.9 Å². The van der Waals surface area contributed by atoms with E-state index < -0.39 is 0 Å². The predicted molar refractivity (Wildman–Crippen MR) is 53.9 cm³/mol. The first-order valence-electron chi connectivity index (χ1n) is 3.58. The third-order valence-corrected chi connectivity index (χ3v) is 2.43. The van der Waals surface area contributed by atoms with Crippen LogP contribution in [0.2, 0.25) is 0 Å². The zero-order chi connectivity index (χ0) is 8.55. The van der Waals surface area contributed by atoms with Gasteiger partial charge in [0.2, 0.25) is 0 Å². The number of hydrogen-bond acceptors (Lipinski definition) is 2. The standard InChI is InChI=1S/C9H7BrN2/c10-7-3-1-2-6-4-5-12-9(11)8(6)7/h1-5H,(H2,11,12). The summed E-state index contributed by atoms with van der Waals surface area (Å²) in [6.45, 7) is 0. The molecule has 3 heteroatoms. The maximum atomic E-state index is 5.72. The van der Waals surface area contributed by atoms with Crippen LogP contribution in [0.1, 0.15) is 0 Å². The van der Waals surface area contributed by atoms with Crippen LogP contribution < -0.4 is 5.73 Å². The Hall–Kier alpha value is -1.09. The molecule has 0 aliphatic rings. The van der Waals surface area contributed by atoms with Gasteiger partial charge in [-0.2, -0.15) is 0 Å². The van der Waals surface area contributed by atoms with Crippen LogP contribution in [0.25, 0.3) is 10.8 Å². The molecule has 1 aromatic heterocycles. The molecule has 2 rings (SSSR count). The van der Waals surface area contributed by atoms with Crippen LogP contribution in [0.15, 0.2) is 34.9 Å². The number of aromatic nitrogens is 1. The lowest BCUT2D eigenvalue weighted by atomic mass is 10.2. The molecule has 0 aliphatic heterocycles. The first-order chi connectivity index (χ1) is 5.79. The number of hydrogen-bond donors (Lipinski definition) is 1. The van der Waals surface area contributed by atoms with E-state index in [1.807, 2.05) is 24.3 Å². The number of anilines is 1. The molecule has 0 saturated carbocycles. The Labute approximate surface area is 78.5 Å². The summed E-state index contributed by atoms with van der Waals surface area (Å²) in [5.41, 5.74) is 5.72. The Kier molecular flexibility index (Phi) is 1.73. The molecule has 60 valence electrons. The molecule has 2 N–H and O–H groups in total. The summed E-state index contributed by atoms with van der Waals surface area (Å²) in [4.78, 5) is 4.02. The average molecular weight is 223 g/mol. The Morgan fingerprint density at radius 3 is 2.83 bits per heavy atom. The van der Waals surface area contributed by atoms with Gasteiger partial charge in [0.05, 0.1) is 0 Å². The third-order valence-electron chi connectivity index (χ3n) is 1.77. The minimum atomic E-state index is 0.569. The SMILES string of the molecule is Nc1nccc2cccc(Br)c12. The summed E-state index contributed by atoms with van der Waals surface area (Å²) >= 11 is 3.43. The van der Waals surface area contributed by atoms with E-state index in [0.717, 1.165) is 15.2 Å². The minimum Gasteiger partial charge on any atom is -0.383 e. The normalized spacial score (nSPS) is 10.4. The van der Waals surface area contributed by atoms with Crippen molar-refractivity contribution in [3.8, 4) is 0 Å². The quantitative estimate of drug-likeness (QED) is 0.745. The van der Waals surface area contributed by atoms with Gasteiger partial charge in [0.1, 0.15) is 5.82 Å². The van der Waals surface area contributed by atoms with Crippen molar-refractivity contribution in [1.82, 2.24) is 4.98 Å². The number of pyridine rings is 1. The van der Waals surface area contributed by atoms with Crippen LogP contribution in [-0.4, -0.2) is 4.98 Å². The van der Waals surface area contributed by atoms with Crippen molar-refractivity contribution in [2.75, 3.05) is 5.73 Å². The minimum absolute atomic E-state index is 0.569. The first-order valence-corrected chi connectivity index (χ1v) is 4.37. The fraction of sp³-hybridized carbons (Fsp3) is 0. The average Bonchev–Trinajstić information content (AvgIpc) is 2.04. The highest BCUT2D eigenvalue weighted by molar-refractivity contribution is 9.10. The van der Waals surface area contributed by atoms with E-state index in [4.69, 9.17) is 5.73 Å². The maximum absolute atomic E-state index is 5.72. The number of nitrogens with zero attached hydrogens (tertiary/aromatic N) is 1. The van der Waals surface area contributed by atoms with Crippen molar-refractivity contribution in [1.29, 1.82) is 0 Å². The van der Waals surface area contributed by atoms with Gasteiger partial charge < -0.3 is 5.73 Å². The molecule has 1 aromatic carbocycles. The number of fused-ring (bicyclic) bond motifs is 1. The second-order valence-corrected chi connectivity index (χ2v) is 3.39. The molecule has 2 nitrogen and oxygen atoms in total. The van der Waals surface area contributed by atoms with Crippen molar-refractivity contribution in [3.63, 3.8) is 0 Å². The van der Waals surface area contributed by atoms with Gasteiger partial charge >= 0.3 is 0 Å². The highest BCUT2D eigenvalue weighted by Gasteiger charge is 2.00. The van der Waals surface area contributed by atoms with Crippen LogP contribution in [0.3, 0.4) is 0 Å². The lowest BCUT2D eigenvalue weighted by molar-refractivity contribution is 1.37. The largest absolute Gasteiger partial charge is 0.383 e. The molecule has 0 unspecified atom stereocenters. The van der Waals surface area contributed by atoms with E-state index in [1.165, 1.54) is 0 Å². The smallest absolute Gasteiger partial charge is 0.132 e. The number of nitrogen functional groups attached to an aromatic ring is 1. The van der Waals surface area contributed by atoms with Crippen molar-refractivity contribution < 1.29 is 0 Å². The molecule has 0 spiro atoms. The second-order valence-electron chi connectivity index (χ2n) is 2.53. The van der Waals surface area contributed by atoms with Gasteiger partial charge in [-0.15, -0.1) is 0 Å². The van der Waals surface area contributed by atoms with Gasteiger partial charge in [-0.1, -0.05) is 28.1 Å². The zero-order valence-electron chi connectivity index (χ0n) is 6.29. The van der Waals surface area contributed by atoms with Gasteiger partial charge in [0, 0.05) is 16.1 Å². The van der Waals surface area contributed by atoms with Crippen LogP contribution in [0.4, 0.5) is 5.82 Å². The lowest BCUT2D eigenvalue weighted by Gasteiger charge is -2.01. The number of rotatable bonds is 0.